The number of benzene rings is 1. The van der Waals surface area contributed by atoms with Gasteiger partial charge < -0.3 is 15.0 Å². The number of carbonyl (C=O) groups excluding carboxylic acids is 1. The fraction of sp³-hybridized carbons (Fsp3) is 0.667. The lowest BCUT2D eigenvalue weighted by Crippen LogP contribution is -2.38. The average molecular weight is 424 g/mol. The van der Waals surface area contributed by atoms with E-state index >= 15 is 0 Å². The van der Waals surface area contributed by atoms with Gasteiger partial charge in [0.05, 0.1) is 11.0 Å². The summed E-state index contributed by atoms with van der Waals surface area (Å²) < 4.78 is 33.1. The van der Waals surface area contributed by atoms with E-state index in [-0.39, 0.29) is 23.5 Å². The molecule has 0 spiro atoms. The molecule has 0 radical (unpaired) electrons. The van der Waals surface area contributed by atoms with Crippen LogP contribution in [0.2, 0.25) is 0 Å². The summed E-state index contributed by atoms with van der Waals surface area (Å²) >= 11 is 0. The molecule has 2 saturated heterocycles. The zero-order chi connectivity index (χ0) is 20.7. The van der Waals surface area contributed by atoms with Gasteiger partial charge in [0.25, 0.3) is 5.91 Å². The monoisotopic (exact) mass is 423 g/mol. The molecular formula is C21H33N3O4S. The fourth-order valence-electron chi connectivity index (χ4n) is 3.91. The van der Waals surface area contributed by atoms with Gasteiger partial charge >= 0.3 is 0 Å². The largest absolute Gasteiger partial charge is 0.377 e. The van der Waals surface area contributed by atoms with Gasteiger partial charge in [-0.15, -0.1) is 0 Å². The van der Waals surface area contributed by atoms with E-state index in [4.69, 9.17) is 4.74 Å². The van der Waals surface area contributed by atoms with Gasteiger partial charge in [0, 0.05) is 31.8 Å². The summed E-state index contributed by atoms with van der Waals surface area (Å²) in [5.41, 5.74) is 0.357. The molecule has 2 fully saturated rings. The van der Waals surface area contributed by atoms with Crippen molar-refractivity contribution in [3.63, 3.8) is 0 Å². The number of nitrogens with zero attached hydrogens (tertiary/aromatic N) is 1. The molecule has 3 rings (SSSR count). The van der Waals surface area contributed by atoms with Crippen molar-refractivity contribution < 1.29 is 17.9 Å². The van der Waals surface area contributed by atoms with Gasteiger partial charge in [0.2, 0.25) is 10.0 Å². The Balaban J connectivity index is 1.51. The molecule has 2 atom stereocenters. The van der Waals surface area contributed by atoms with Crippen molar-refractivity contribution in [2.75, 3.05) is 39.3 Å². The summed E-state index contributed by atoms with van der Waals surface area (Å²) in [7, 11) is -3.67. The van der Waals surface area contributed by atoms with E-state index in [2.05, 4.69) is 21.9 Å². The first-order chi connectivity index (χ1) is 13.9. The normalized spacial score (nSPS) is 21.8. The molecule has 1 amide bonds. The first-order valence-corrected chi connectivity index (χ1v) is 12.1. The Morgan fingerprint density at radius 3 is 2.76 bits per heavy atom. The van der Waals surface area contributed by atoms with Crippen LogP contribution in [0.3, 0.4) is 0 Å². The third-order valence-electron chi connectivity index (χ3n) is 5.56. The molecule has 2 unspecified atom stereocenters. The average Bonchev–Trinajstić information content (AvgIpc) is 3.25. The van der Waals surface area contributed by atoms with E-state index < -0.39 is 10.0 Å². The number of piperidine rings is 1. The Hall–Kier alpha value is -1.48. The number of hydrogen-bond acceptors (Lipinski definition) is 5. The highest BCUT2D eigenvalue weighted by Crippen LogP contribution is 2.15. The van der Waals surface area contributed by atoms with Gasteiger partial charge in [0.1, 0.15) is 0 Å². The number of nitrogens with one attached hydrogen (secondary N) is 2. The van der Waals surface area contributed by atoms with Crippen LogP contribution in [0.25, 0.3) is 0 Å². The topological polar surface area (TPSA) is 87.7 Å². The predicted octanol–water partition coefficient (Wildman–Crippen LogP) is 2.00. The van der Waals surface area contributed by atoms with Crippen molar-refractivity contribution in [3.05, 3.63) is 29.8 Å². The van der Waals surface area contributed by atoms with Crippen molar-refractivity contribution in [2.45, 2.75) is 50.0 Å². The van der Waals surface area contributed by atoms with E-state index in [0.29, 0.717) is 24.6 Å². The predicted molar refractivity (Wildman–Crippen MR) is 112 cm³/mol. The van der Waals surface area contributed by atoms with Crippen LogP contribution in [-0.2, 0) is 14.8 Å². The SMILES string of the molecule is CC(CNC(=O)c1cccc(S(=O)(=O)NCC2CCCO2)c1)CN1CCCCC1. The maximum absolute atomic E-state index is 12.5. The second-order valence-electron chi connectivity index (χ2n) is 8.19. The Bertz CT molecular complexity index is 772. The van der Waals surface area contributed by atoms with Gasteiger partial charge in [0.15, 0.2) is 0 Å². The number of sulfonamides is 1. The molecule has 0 aliphatic carbocycles. The van der Waals surface area contributed by atoms with Crippen LogP contribution < -0.4 is 10.0 Å². The molecule has 8 heteroatoms. The standard InChI is InChI=1S/C21H33N3O4S/c1-17(16-24-10-3-2-4-11-24)14-22-21(25)18-7-5-9-20(13-18)29(26,27)23-15-19-8-6-12-28-19/h5,7,9,13,17,19,23H,2-4,6,8,10-12,14-16H2,1H3,(H,22,25). The van der Waals surface area contributed by atoms with E-state index in [1.54, 1.807) is 12.1 Å². The molecule has 2 heterocycles. The molecule has 0 aromatic heterocycles. The summed E-state index contributed by atoms with van der Waals surface area (Å²) in [6.07, 6.45) is 5.56. The highest BCUT2D eigenvalue weighted by molar-refractivity contribution is 7.89. The summed E-state index contributed by atoms with van der Waals surface area (Å²) in [5.74, 6) is 0.101. The van der Waals surface area contributed by atoms with Crippen LogP contribution >= 0.6 is 0 Å². The number of rotatable bonds is 9. The lowest BCUT2D eigenvalue weighted by Gasteiger charge is -2.29. The van der Waals surface area contributed by atoms with Crippen molar-refractivity contribution >= 4 is 15.9 Å². The van der Waals surface area contributed by atoms with Gasteiger partial charge in [-0.2, -0.15) is 0 Å². The second-order valence-corrected chi connectivity index (χ2v) is 9.96. The summed E-state index contributed by atoms with van der Waals surface area (Å²) in [5, 5.41) is 2.94. The highest BCUT2D eigenvalue weighted by Gasteiger charge is 2.21. The fourth-order valence-corrected chi connectivity index (χ4v) is 5.02. The molecule has 162 valence electrons. The quantitative estimate of drug-likeness (QED) is 0.634. The number of likely N-dealkylation sites (tertiary alicyclic amines) is 1. The molecule has 2 N–H and O–H groups in total. The molecule has 2 aliphatic heterocycles. The van der Waals surface area contributed by atoms with E-state index in [0.717, 1.165) is 32.5 Å². The van der Waals surface area contributed by atoms with Gasteiger partial charge in [-0.25, -0.2) is 13.1 Å². The number of hydrogen-bond donors (Lipinski definition) is 2. The lowest BCUT2D eigenvalue weighted by atomic mass is 10.1. The van der Waals surface area contributed by atoms with Crippen molar-refractivity contribution in [2.24, 2.45) is 5.92 Å². The number of carbonyl (C=O) groups is 1. The second kappa shape index (κ2) is 10.5. The molecule has 0 bridgehead atoms. The summed E-state index contributed by atoms with van der Waals surface area (Å²) in [6.45, 7) is 6.88. The molecule has 7 nitrogen and oxygen atoms in total. The Kier molecular flexibility index (Phi) is 8.06. The van der Waals surface area contributed by atoms with Gasteiger partial charge in [-0.1, -0.05) is 19.4 Å². The third kappa shape index (κ3) is 6.77. The Morgan fingerprint density at radius 1 is 1.24 bits per heavy atom. The summed E-state index contributed by atoms with van der Waals surface area (Å²) in [4.78, 5) is 15.1. The van der Waals surface area contributed by atoms with E-state index in [9.17, 15) is 13.2 Å². The molecule has 29 heavy (non-hydrogen) atoms. The van der Waals surface area contributed by atoms with Crippen molar-refractivity contribution in [1.29, 1.82) is 0 Å². The number of amides is 1. The van der Waals surface area contributed by atoms with E-state index in [1.165, 1.54) is 31.4 Å². The number of ether oxygens (including phenoxy) is 1. The zero-order valence-electron chi connectivity index (χ0n) is 17.2. The first-order valence-electron chi connectivity index (χ1n) is 10.7. The zero-order valence-corrected chi connectivity index (χ0v) is 18.0. The molecule has 0 saturated carbocycles. The van der Waals surface area contributed by atoms with Crippen LogP contribution in [0.4, 0.5) is 0 Å². The highest BCUT2D eigenvalue weighted by atomic mass is 32.2. The Labute approximate surface area is 174 Å². The van der Waals surface area contributed by atoms with Crippen LogP contribution in [0.1, 0.15) is 49.4 Å². The maximum atomic E-state index is 12.5. The van der Waals surface area contributed by atoms with Crippen molar-refractivity contribution in [3.8, 4) is 0 Å². The third-order valence-corrected chi connectivity index (χ3v) is 6.98. The smallest absolute Gasteiger partial charge is 0.251 e. The minimum absolute atomic E-state index is 0.0716. The minimum Gasteiger partial charge on any atom is -0.377 e. The molecule has 2 aliphatic rings. The van der Waals surface area contributed by atoms with Crippen molar-refractivity contribution in [1.82, 2.24) is 14.9 Å². The van der Waals surface area contributed by atoms with E-state index in [1.807, 2.05) is 0 Å². The Morgan fingerprint density at radius 2 is 2.03 bits per heavy atom. The van der Waals surface area contributed by atoms with Crippen LogP contribution in [0.15, 0.2) is 29.2 Å². The minimum atomic E-state index is -3.67. The first kappa shape index (κ1) is 22.2. The summed E-state index contributed by atoms with van der Waals surface area (Å²) in [6, 6.07) is 6.19. The van der Waals surface area contributed by atoms with Gasteiger partial charge in [-0.3, -0.25) is 4.79 Å². The van der Waals surface area contributed by atoms with Crippen LogP contribution in [0.5, 0.6) is 0 Å². The van der Waals surface area contributed by atoms with Crippen LogP contribution in [-0.4, -0.2) is 64.7 Å². The van der Waals surface area contributed by atoms with Gasteiger partial charge in [-0.05, 0) is 62.9 Å². The van der Waals surface area contributed by atoms with Crippen LogP contribution in [0, 0.1) is 5.92 Å². The molecular weight excluding hydrogens is 390 g/mol. The maximum Gasteiger partial charge on any atom is 0.251 e. The molecule has 1 aromatic carbocycles. The molecule has 1 aromatic rings. The lowest BCUT2D eigenvalue weighted by molar-refractivity contribution is 0.0942.